The van der Waals surface area contributed by atoms with E-state index in [1.165, 1.54) is 6.42 Å². The fourth-order valence-electron chi connectivity index (χ4n) is 1.86. The van der Waals surface area contributed by atoms with Crippen molar-refractivity contribution < 1.29 is 0 Å². The quantitative estimate of drug-likeness (QED) is 0.819. The lowest BCUT2D eigenvalue weighted by Gasteiger charge is -2.07. The van der Waals surface area contributed by atoms with Gasteiger partial charge in [-0.2, -0.15) is 0 Å². The summed E-state index contributed by atoms with van der Waals surface area (Å²) in [6, 6.07) is 7.92. The van der Waals surface area contributed by atoms with E-state index in [1.807, 2.05) is 24.3 Å². The Labute approximate surface area is 101 Å². The normalized spacial score (nSPS) is 10.7. The molecular formula is C14H18N2O. The van der Waals surface area contributed by atoms with Crippen LogP contribution in [-0.2, 0) is 7.05 Å². The van der Waals surface area contributed by atoms with Crippen LogP contribution in [0.1, 0.15) is 19.8 Å². The first-order chi connectivity index (χ1) is 8.22. The topological polar surface area (TPSA) is 34.0 Å². The molecule has 0 saturated heterocycles. The maximum Gasteiger partial charge on any atom is 0.258 e. The Morgan fingerprint density at radius 3 is 2.88 bits per heavy atom. The molecule has 90 valence electrons. The summed E-state index contributed by atoms with van der Waals surface area (Å²) >= 11 is 0. The lowest BCUT2D eigenvalue weighted by Crippen LogP contribution is -2.15. The average Bonchev–Trinajstić information content (AvgIpc) is 2.35. The molecule has 1 aromatic heterocycles. The molecule has 0 saturated carbocycles. The Balaban J connectivity index is 2.35. The molecule has 0 fully saturated rings. The minimum Gasteiger partial charge on any atom is -0.385 e. The number of unbranched alkanes of at least 4 members (excludes halogenated alkanes) is 1. The monoisotopic (exact) mass is 230 g/mol. The van der Waals surface area contributed by atoms with E-state index < -0.39 is 0 Å². The second-order valence-electron chi connectivity index (χ2n) is 4.31. The van der Waals surface area contributed by atoms with Gasteiger partial charge < -0.3 is 9.88 Å². The fraction of sp³-hybridized carbons (Fsp3) is 0.357. The first-order valence-corrected chi connectivity index (χ1v) is 6.05. The number of nitrogens with zero attached hydrogens (tertiary/aromatic N) is 1. The van der Waals surface area contributed by atoms with Gasteiger partial charge in [-0.05, 0) is 30.0 Å². The lowest BCUT2D eigenvalue weighted by molar-refractivity contribution is 0.834. The molecule has 0 radical (unpaired) electrons. The predicted octanol–water partition coefficient (Wildman–Crippen LogP) is 2.75. The zero-order valence-electron chi connectivity index (χ0n) is 10.4. The van der Waals surface area contributed by atoms with Gasteiger partial charge in [0.05, 0.1) is 0 Å². The minimum absolute atomic E-state index is 0.0571. The van der Waals surface area contributed by atoms with Crippen LogP contribution in [0.2, 0.25) is 0 Å². The Morgan fingerprint density at radius 2 is 2.12 bits per heavy atom. The van der Waals surface area contributed by atoms with E-state index in [1.54, 1.807) is 17.8 Å². The molecule has 2 rings (SSSR count). The summed E-state index contributed by atoms with van der Waals surface area (Å²) in [4.78, 5) is 11.9. The Hall–Kier alpha value is -1.77. The van der Waals surface area contributed by atoms with Crippen LogP contribution in [0, 0.1) is 0 Å². The van der Waals surface area contributed by atoms with Crippen molar-refractivity contribution in [3.8, 4) is 0 Å². The maximum absolute atomic E-state index is 11.9. The van der Waals surface area contributed by atoms with Gasteiger partial charge in [0.1, 0.15) is 0 Å². The second-order valence-corrected chi connectivity index (χ2v) is 4.31. The number of hydrogen-bond acceptors (Lipinski definition) is 2. The highest BCUT2D eigenvalue weighted by Gasteiger charge is 2.01. The molecule has 0 spiro atoms. The molecule has 2 aromatic rings. The maximum atomic E-state index is 11.9. The summed E-state index contributed by atoms with van der Waals surface area (Å²) in [7, 11) is 1.78. The third-order valence-corrected chi connectivity index (χ3v) is 2.94. The van der Waals surface area contributed by atoms with E-state index in [4.69, 9.17) is 0 Å². The number of pyridine rings is 1. The molecule has 0 atom stereocenters. The van der Waals surface area contributed by atoms with E-state index in [2.05, 4.69) is 12.2 Å². The summed E-state index contributed by atoms with van der Waals surface area (Å²) in [6.45, 7) is 3.12. The predicted molar refractivity (Wildman–Crippen MR) is 72.6 cm³/mol. The molecular weight excluding hydrogens is 212 g/mol. The van der Waals surface area contributed by atoms with Crippen molar-refractivity contribution in [2.45, 2.75) is 19.8 Å². The van der Waals surface area contributed by atoms with Gasteiger partial charge in [0, 0.05) is 30.9 Å². The summed E-state index contributed by atoms with van der Waals surface area (Å²) in [5.74, 6) is 0. The number of hydrogen-bond donors (Lipinski definition) is 1. The van der Waals surface area contributed by atoms with Gasteiger partial charge in [-0.25, -0.2) is 0 Å². The highest BCUT2D eigenvalue weighted by atomic mass is 16.1. The van der Waals surface area contributed by atoms with E-state index in [-0.39, 0.29) is 5.56 Å². The number of aryl methyl sites for hydroxylation is 1. The fourth-order valence-corrected chi connectivity index (χ4v) is 1.86. The highest BCUT2D eigenvalue weighted by molar-refractivity contribution is 5.84. The smallest absolute Gasteiger partial charge is 0.258 e. The van der Waals surface area contributed by atoms with Crippen molar-refractivity contribution >= 4 is 16.5 Å². The van der Waals surface area contributed by atoms with Crippen LogP contribution in [0.15, 0.2) is 35.3 Å². The first-order valence-electron chi connectivity index (χ1n) is 6.05. The summed E-state index contributed by atoms with van der Waals surface area (Å²) in [5.41, 5.74) is 1.08. The number of rotatable bonds is 4. The largest absolute Gasteiger partial charge is 0.385 e. The minimum atomic E-state index is 0.0571. The van der Waals surface area contributed by atoms with E-state index in [0.717, 1.165) is 29.4 Å². The number of benzene rings is 1. The molecule has 0 unspecified atom stereocenters. The average molecular weight is 230 g/mol. The van der Waals surface area contributed by atoms with Crippen LogP contribution in [0.25, 0.3) is 10.8 Å². The zero-order chi connectivity index (χ0) is 12.3. The van der Waals surface area contributed by atoms with Crippen LogP contribution < -0.4 is 10.9 Å². The molecule has 3 nitrogen and oxygen atoms in total. The van der Waals surface area contributed by atoms with Crippen molar-refractivity contribution in [3.63, 3.8) is 0 Å². The van der Waals surface area contributed by atoms with E-state index >= 15 is 0 Å². The molecule has 0 bridgehead atoms. The van der Waals surface area contributed by atoms with Gasteiger partial charge >= 0.3 is 0 Å². The molecule has 0 amide bonds. The van der Waals surface area contributed by atoms with Gasteiger partial charge in [0.15, 0.2) is 0 Å². The van der Waals surface area contributed by atoms with Crippen LogP contribution in [-0.4, -0.2) is 11.1 Å². The van der Waals surface area contributed by atoms with Gasteiger partial charge in [-0.1, -0.05) is 19.4 Å². The van der Waals surface area contributed by atoms with Gasteiger partial charge in [-0.15, -0.1) is 0 Å². The molecule has 1 aromatic carbocycles. The van der Waals surface area contributed by atoms with Gasteiger partial charge in [-0.3, -0.25) is 4.79 Å². The number of nitrogens with one attached hydrogen (secondary N) is 1. The summed E-state index contributed by atoms with van der Waals surface area (Å²) in [5, 5.41) is 5.11. The number of fused-ring (bicyclic) bond motifs is 1. The number of aromatic nitrogens is 1. The molecule has 3 heteroatoms. The molecule has 1 heterocycles. The first kappa shape index (κ1) is 11.7. The zero-order valence-corrected chi connectivity index (χ0v) is 10.4. The highest BCUT2D eigenvalue weighted by Crippen LogP contribution is 2.15. The van der Waals surface area contributed by atoms with Gasteiger partial charge in [0.25, 0.3) is 5.56 Å². The van der Waals surface area contributed by atoms with Crippen LogP contribution in [0.3, 0.4) is 0 Å². The van der Waals surface area contributed by atoms with Crippen LogP contribution in [0.5, 0.6) is 0 Å². The molecule has 0 aliphatic rings. The van der Waals surface area contributed by atoms with E-state index in [0.29, 0.717) is 0 Å². The third-order valence-electron chi connectivity index (χ3n) is 2.94. The van der Waals surface area contributed by atoms with Crippen molar-refractivity contribution in [3.05, 3.63) is 40.8 Å². The molecule has 17 heavy (non-hydrogen) atoms. The Morgan fingerprint density at radius 1 is 1.29 bits per heavy atom. The SMILES string of the molecule is CCCCNc1ccc2ccn(C)c(=O)c2c1. The molecule has 0 aliphatic heterocycles. The standard InChI is InChI=1S/C14H18N2O/c1-3-4-8-15-12-6-5-11-7-9-16(2)14(17)13(11)10-12/h5-7,9-10,15H,3-4,8H2,1-2H3. The van der Waals surface area contributed by atoms with E-state index in [9.17, 15) is 4.79 Å². The van der Waals surface area contributed by atoms with Crippen molar-refractivity contribution in [2.24, 2.45) is 7.05 Å². The van der Waals surface area contributed by atoms with Crippen molar-refractivity contribution in [2.75, 3.05) is 11.9 Å². The van der Waals surface area contributed by atoms with Crippen molar-refractivity contribution in [1.29, 1.82) is 0 Å². The Kier molecular flexibility index (Phi) is 3.47. The molecule has 0 aliphatic carbocycles. The number of anilines is 1. The summed E-state index contributed by atoms with van der Waals surface area (Å²) < 4.78 is 1.61. The van der Waals surface area contributed by atoms with Gasteiger partial charge in [0.2, 0.25) is 0 Å². The Bertz CT molecular complexity index is 572. The van der Waals surface area contributed by atoms with Crippen molar-refractivity contribution in [1.82, 2.24) is 4.57 Å². The lowest BCUT2D eigenvalue weighted by atomic mass is 10.1. The van der Waals surface area contributed by atoms with Crippen LogP contribution >= 0.6 is 0 Å². The summed E-state index contributed by atoms with van der Waals surface area (Å²) in [6.07, 6.45) is 4.11. The molecule has 1 N–H and O–H groups in total. The van der Waals surface area contributed by atoms with Crippen LogP contribution in [0.4, 0.5) is 5.69 Å². The third kappa shape index (κ3) is 2.49. The second kappa shape index (κ2) is 5.04.